The van der Waals surface area contributed by atoms with Crippen LogP contribution in [0.1, 0.15) is 22.0 Å². The molecule has 1 aromatic heterocycles. The molecular formula is C19H28IN5OS. The van der Waals surface area contributed by atoms with Gasteiger partial charge in [0.25, 0.3) is 0 Å². The molecule has 1 aliphatic rings. The molecule has 1 atom stereocenters. The van der Waals surface area contributed by atoms with Crippen molar-refractivity contribution in [2.24, 2.45) is 4.99 Å². The maximum absolute atomic E-state index is 5.49. The predicted octanol–water partition coefficient (Wildman–Crippen LogP) is 3.33. The van der Waals surface area contributed by atoms with Crippen LogP contribution in [0.3, 0.4) is 0 Å². The fraction of sp³-hybridized carbons (Fsp3) is 0.474. The Bertz CT molecular complexity index is 760. The third-order valence-corrected chi connectivity index (χ3v) is 5.73. The number of aliphatic imine (C=N–C) groups is 1. The molecule has 0 saturated carbocycles. The van der Waals surface area contributed by atoms with Crippen molar-refractivity contribution >= 4 is 47.0 Å². The van der Waals surface area contributed by atoms with Crippen LogP contribution in [0.5, 0.6) is 5.75 Å². The number of anilines is 1. The van der Waals surface area contributed by atoms with Gasteiger partial charge < -0.3 is 20.3 Å². The van der Waals surface area contributed by atoms with Crippen molar-refractivity contribution in [1.29, 1.82) is 0 Å². The summed E-state index contributed by atoms with van der Waals surface area (Å²) in [4.78, 5) is 12.6. The molecule has 2 N–H and O–H groups in total. The largest absolute Gasteiger partial charge is 0.495 e. The lowest BCUT2D eigenvalue weighted by molar-refractivity contribution is 0.415. The van der Waals surface area contributed by atoms with Crippen LogP contribution in [-0.4, -0.2) is 44.2 Å². The van der Waals surface area contributed by atoms with Crippen molar-refractivity contribution in [2.45, 2.75) is 32.9 Å². The van der Waals surface area contributed by atoms with Crippen LogP contribution in [0.25, 0.3) is 0 Å². The van der Waals surface area contributed by atoms with Crippen LogP contribution in [0.15, 0.2) is 29.3 Å². The number of para-hydroxylation sites is 2. The Kier molecular flexibility index (Phi) is 8.15. The summed E-state index contributed by atoms with van der Waals surface area (Å²) in [6.07, 6.45) is 1.06. The molecule has 1 unspecified atom stereocenters. The molecule has 0 bridgehead atoms. The Hall–Kier alpha value is -1.55. The number of aromatic nitrogens is 1. The summed E-state index contributed by atoms with van der Waals surface area (Å²) in [5.41, 5.74) is 2.26. The normalized spacial score (nSPS) is 16.8. The number of guanidine groups is 1. The van der Waals surface area contributed by atoms with E-state index in [1.807, 2.05) is 19.1 Å². The number of nitrogens with one attached hydrogen (secondary N) is 2. The smallest absolute Gasteiger partial charge is 0.191 e. The van der Waals surface area contributed by atoms with Gasteiger partial charge >= 0.3 is 0 Å². The van der Waals surface area contributed by atoms with E-state index in [2.05, 4.69) is 44.6 Å². The highest BCUT2D eigenvalue weighted by atomic mass is 127. The third kappa shape index (κ3) is 5.47. The quantitative estimate of drug-likeness (QED) is 0.374. The molecule has 6 nitrogen and oxygen atoms in total. The summed E-state index contributed by atoms with van der Waals surface area (Å²) in [7, 11) is 3.53. The van der Waals surface area contributed by atoms with E-state index in [4.69, 9.17) is 4.74 Å². The van der Waals surface area contributed by atoms with Gasteiger partial charge in [-0.3, -0.25) is 4.99 Å². The summed E-state index contributed by atoms with van der Waals surface area (Å²) in [5.74, 6) is 1.74. The zero-order valence-electron chi connectivity index (χ0n) is 16.3. The number of ether oxygens (including phenoxy) is 1. The third-order valence-electron chi connectivity index (χ3n) is 4.66. The van der Waals surface area contributed by atoms with Gasteiger partial charge in [0.1, 0.15) is 10.8 Å². The van der Waals surface area contributed by atoms with Crippen molar-refractivity contribution < 1.29 is 4.74 Å². The minimum Gasteiger partial charge on any atom is -0.495 e. The maximum atomic E-state index is 5.49. The van der Waals surface area contributed by atoms with Gasteiger partial charge in [-0.05, 0) is 32.4 Å². The maximum Gasteiger partial charge on any atom is 0.191 e. The number of rotatable bonds is 5. The first-order valence-corrected chi connectivity index (χ1v) is 9.70. The molecule has 0 spiro atoms. The minimum atomic E-state index is 0. The van der Waals surface area contributed by atoms with E-state index >= 15 is 0 Å². The molecule has 148 valence electrons. The fourth-order valence-electron chi connectivity index (χ4n) is 3.15. The predicted molar refractivity (Wildman–Crippen MR) is 124 cm³/mol. The summed E-state index contributed by atoms with van der Waals surface area (Å²) in [6, 6.07) is 8.53. The van der Waals surface area contributed by atoms with Gasteiger partial charge in [-0.1, -0.05) is 12.1 Å². The number of benzene rings is 1. The lowest BCUT2D eigenvalue weighted by atomic mass is 10.2. The van der Waals surface area contributed by atoms with Gasteiger partial charge in [-0.15, -0.1) is 35.3 Å². The van der Waals surface area contributed by atoms with Crippen molar-refractivity contribution in [2.75, 3.05) is 32.1 Å². The van der Waals surface area contributed by atoms with Crippen molar-refractivity contribution in [3.63, 3.8) is 0 Å². The molecule has 8 heteroatoms. The van der Waals surface area contributed by atoms with Crippen LogP contribution in [0.4, 0.5) is 5.69 Å². The lowest BCUT2D eigenvalue weighted by Gasteiger charge is -2.22. The molecule has 3 rings (SSSR count). The molecule has 0 aliphatic carbocycles. The number of thiazole rings is 1. The second-order valence-corrected chi connectivity index (χ2v) is 7.71. The molecule has 0 radical (unpaired) electrons. The van der Waals surface area contributed by atoms with E-state index in [1.54, 1.807) is 25.5 Å². The van der Waals surface area contributed by atoms with E-state index in [0.29, 0.717) is 12.6 Å². The average Bonchev–Trinajstić information content (AvgIpc) is 3.25. The average molecular weight is 501 g/mol. The van der Waals surface area contributed by atoms with Gasteiger partial charge in [0, 0.05) is 31.1 Å². The van der Waals surface area contributed by atoms with Crippen molar-refractivity contribution in [3.05, 3.63) is 39.8 Å². The first-order valence-electron chi connectivity index (χ1n) is 8.88. The summed E-state index contributed by atoms with van der Waals surface area (Å²) < 4.78 is 5.49. The molecule has 1 fully saturated rings. The minimum absolute atomic E-state index is 0. The van der Waals surface area contributed by atoms with Crippen molar-refractivity contribution in [1.82, 2.24) is 15.6 Å². The molecule has 2 heterocycles. The Morgan fingerprint density at radius 3 is 2.81 bits per heavy atom. The zero-order chi connectivity index (χ0) is 18.5. The van der Waals surface area contributed by atoms with Gasteiger partial charge in [0.2, 0.25) is 0 Å². The van der Waals surface area contributed by atoms with Crippen LogP contribution >= 0.6 is 35.3 Å². The number of halogens is 1. The van der Waals surface area contributed by atoms with Gasteiger partial charge in [0.15, 0.2) is 5.96 Å². The molecule has 1 saturated heterocycles. The Morgan fingerprint density at radius 2 is 2.15 bits per heavy atom. The molecular weight excluding hydrogens is 473 g/mol. The molecule has 0 amide bonds. The van der Waals surface area contributed by atoms with Crippen LogP contribution in [-0.2, 0) is 6.54 Å². The number of aryl methyl sites for hydroxylation is 2. The van der Waals surface area contributed by atoms with Crippen molar-refractivity contribution in [3.8, 4) is 5.75 Å². The fourth-order valence-corrected chi connectivity index (χ4v) is 4.02. The number of hydrogen-bond acceptors (Lipinski definition) is 5. The van der Waals surface area contributed by atoms with Gasteiger partial charge in [0.05, 0.1) is 25.0 Å². The Labute approximate surface area is 182 Å². The van der Waals surface area contributed by atoms with E-state index in [0.717, 1.165) is 47.6 Å². The second kappa shape index (κ2) is 10.1. The number of nitrogens with zero attached hydrogens (tertiary/aromatic N) is 3. The monoisotopic (exact) mass is 501 g/mol. The molecule has 1 aromatic carbocycles. The Morgan fingerprint density at radius 1 is 1.37 bits per heavy atom. The molecule has 2 aromatic rings. The van der Waals surface area contributed by atoms with Crippen LogP contribution in [0.2, 0.25) is 0 Å². The van der Waals surface area contributed by atoms with Gasteiger partial charge in [-0.2, -0.15) is 0 Å². The summed E-state index contributed by atoms with van der Waals surface area (Å²) in [5, 5.41) is 7.99. The van der Waals surface area contributed by atoms with Crippen LogP contribution < -0.4 is 20.3 Å². The highest BCUT2D eigenvalue weighted by Crippen LogP contribution is 2.30. The Balaban J connectivity index is 0.00000261. The standard InChI is InChI=1S/C19H27N5OS.HI/c1-13-14(2)26-18(22-13)11-21-19(20-3)23-15-9-10-24(12-15)16-7-5-6-8-17(16)25-4;/h5-8,15H,9-12H2,1-4H3,(H2,20,21,23);1H. The highest BCUT2D eigenvalue weighted by Gasteiger charge is 2.25. The summed E-state index contributed by atoms with van der Waals surface area (Å²) in [6.45, 7) is 6.78. The number of methoxy groups -OCH3 is 1. The topological polar surface area (TPSA) is 61.8 Å². The van der Waals surface area contributed by atoms with Crippen LogP contribution in [0, 0.1) is 13.8 Å². The second-order valence-electron chi connectivity index (χ2n) is 6.42. The first-order chi connectivity index (χ1) is 12.6. The van der Waals surface area contributed by atoms with Gasteiger partial charge in [-0.25, -0.2) is 4.98 Å². The number of hydrogen-bond donors (Lipinski definition) is 2. The first kappa shape index (κ1) is 21.7. The summed E-state index contributed by atoms with van der Waals surface area (Å²) >= 11 is 1.73. The SMILES string of the molecule is CN=C(NCc1nc(C)c(C)s1)NC1CCN(c2ccccc2OC)C1.I. The zero-order valence-corrected chi connectivity index (χ0v) is 19.4. The highest BCUT2D eigenvalue weighted by molar-refractivity contribution is 14.0. The van der Waals surface area contributed by atoms with E-state index in [9.17, 15) is 0 Å². The molecule has 27 heavy (non-hydrogen) atoms. The van der Waals surface area contributed by atoms with E-state index in [-0.39, 0.29) is 24.0 Å². The molecule has 1 aliphatic heterocycles. The van der Waals surface area contributed by atoms with E-state index in [1.165, 1.54) is 4.88 Å². The lowest BCUT2D eigenvalue weighted by Crippen LogP contribution is -2.44. The van der Waals surface area contributed by atoms with E-state index < -0.39 is 0 Å².